The lowest BCUT2D eigenvalue weighted by molar-refractivity contribution is -0.135. The summed E-state index contributed by atoms with van der Waals surface area (Å²) in [6, 6.07) is 22.2. The van der Waals surface area contributed by atoms with Crippen molar-refractivity contribution in [3.05, 3.63) is 89.5 Å². The Morgan fingerprint density at radius 1 is 1.06 bits per heavy atom. The normalized spacial score (nSPS) is 15.0. The molecule has 34 heavy (non-hydrogen) atoms. The molecule has 0 bridgehead atoms. The summed E-state index contributed by atoms with van der Waals surface area (Å²) < 4.78 is 10.9. The third-order valence-electron chi connectivity index (χ3n) is 5.74. The van der Waals surface area contributed by atoms with E-state index < -0.39 is 0 Å². The molecule has 1 aliphatic heterocycles. The van der Waals surface area contributed by atoms with Crippen molar-refractivity contribution in [2.24, 2.45) is 5.10 Å². The van der Waals surface area contributed by atoms with E-state index in [0.29, 0.717) is 17.7 Å². The van der Waals surface area contributed by atoms with E-state index in [0.717, 1.165) is 34.6 Å². The van der Waals surface area contributed by atoms with E-state index in [2.05, 4.69) is 5.10 Å². The van der Waals surface area contributed by atoms with Crippen LogP contribution in [0.15, 0.2) is 77.9 Å². The number of hydrogen-bond donors (Lipinski definition) is 0. The second-order valence-corrected chi connectivity index (χ2v) is 8.20. The Bertz CT molecular complexity index is 1190. The van der Waals surface area contributed by atoms with Gasteiger partial charge in [-0.1, -0.05) is 24.3 Å². The predicted molar refractivity (Wildman–Crippen MR) is 132 cm³/mol. The summed E-state index contributed by atoms with van der Waals surface area (Å²) in [7, 11) is 5.60. The van der Waals surface area contributed by atoms with Gasteiger partial charge in [-0.2, -0.15) is 5.10 Å². The second-order valence-electron chi connectivity index (χ2n) is 8.20. The molecular weight excluding hydrogens is 430 g/mol. The second kappa shape index (κ2) is 10.2. The van der Waals surface area contributed by atoms with Crippen molar-refractivity contribution < 1.29 is 19.1 Å². The first-order valence-electron chi connectivity index (χ1n) is 11.0. The first-order chi connectivity index (χ1) is 16.5. The number of hydrazone groups is 1. The van der Waals surface area contributed by atoms with Gasteiger partial charge in [0.2, 0.25) is 0 Å². The lowest BCUT2D eigenvalue weighted by Crippen LogP contribution is -2.31. The topological polar surface area (TPSA) is 71.4 Å². The van der Waals surface area contributed by atoms with Crippen molar-refractivity contribution in [1.82, 2.24) is 5.01 Å². The highest BCUT2D eigenvalue weighted by Crippen LogP contribution is 2.34. The first kappa shape index (κ1) is 23.0. The molecule has 0 aromatic heterocycles. The van der Waals surface area contributed by atoms with Crippen molar-refractivity contribution in [2.45, 2.75) is 12.5 Å². The molecule has 0 N–H and O–H groups in total. The van der Waals surface area contributed by atoms with Crippen LogP contribution in [0.3, 0.4) is 0 Å². The van der Waals surface area contributed by atoms with Crippen LogP contribution in [0, 0.1) is 0 Å². The fourth-order valence-corrected chi connectivity index (χ4v) is 3.84. The van der Waals surface area contributed by atoms with Crippen molar-refractivity contribution >= 4 is 23.6 Å². The molecule has 3 aromatic rings. The Morgan fingerprint density at radius 2 is 1.79 bits per heavy atom. The van der Waals surface area contributed by atoms with Crippen molar-refractivity contribution in [3.8, 4) is 11.5 Å². The minimum atomic E-state index is -0.262. The van der Waals surface area contributed by atoms with Gasteiger partial charge in [-0.3, -0.25) is 9.59 Å². The molecule has 4 rings (SSSR count). The Labute approximate surface area is 199 Å². The molecule has 1 unspecified atom stereocenters. The van der Waals surface area contributed by atoms with E-state index in [1.807, 2.05) is 67.5 Å². The summed E-state index contributed by atoms with van der Waals surface area (Å²) in [5.41, 5.74) is 4.32. The summed E-state index contributed by atoms with van der Waals surface area (Å²) in [5, 5.41) is 6.20. The summed E-state index contributed by atoms with van der Waals surface area (Å²) in [4.78, 5) is 26.3. The van der Waals surface area contributed by atoms with Crippen LogP contribution in [0.2, 0.25) is 0 Å². The summed E-state index contributed by atoms with van der Waals surface area (Å²) >= 11 is 0. The monoisotopic (exact) mass is 457 g/mol. The van der Waals surface area contributed by atoms with Crippen molar-refractivity contribution in [3.63, 3.8) is 0 Å². The van der Waals surface area contributed by atoms with Gasteiger partial charge in [-0.25, -0.2) is 5.01 Å². The maximum atomic E-state index is 13.2. The van der Waals surface area contributed by atoms with Gasteiger partial charge in [-0.15, -0.1) is 0 Å². The van der Waals surface area contributed by atoms with Crippen LogP contribution in [0.5, 0.6) is 11.5 Å². The first-order valence-corrected chi connectivity index (χ1v) is 11.0. The number of amides is 1. The van der Waals surface area contributed by atoms with Gasteiger partial charge < -0.3 is 14.4 Å². The van der Waals surface area contributed by atoms with Crippen LogP contribution in [-0.4, -0.2) is 50.7 Å². The Balaban J connectivity index is 1.58. The molecule has 0 fully saturated rings. The van der Waals surface area contributed by atoms with Crippen LogP contribution >= 0.6 is 0 Å². The summed E-state index contributed by atoms with van der Waals surface area (Å²) in [6.07, 6.45) is 1.33. The van der Waals surface area contributed by atoms with Crippen molar-refractivity contribution in [1.29, 1.82) is 0 Å². The quantitative estimate of drug-likeness (QED) is 0.471. The van der Waals surface area contributed by atoms with Gasteiger partial charge >= 0.3 is 0 Å². The highest BCUT2D eigenvalue weighted by Gasteiger charge is 2.33. The van der Waals surface area contributed by atoms with Gasteiger partial charge in [-0.05, 0) is 59.7 Å². The Morgan fingerprint density at radius 3 is 2.44 bits per heavy atom. The molecule has 0 saturated heterocycles. The molecule has 0 aliphatic carbocycles. The maximum Gasteiger partial charge on any atom is 0.281 e. The molecular formula is C27H27N3O4. The van der Waals surface area contributed by atoms with Crippen LogP contribution in [0.25, 0.3) is 0 Å². The molecule has 7 heteroatoms. The molecule has 1 aliphatic rings. The van der Waals surface area contributed by atoms with Crippen LogP contribution in [0.1, 0.15) is 33.9 Å². The average molecular weight is 458 g/mol. The fraction of sp³-hybridized carbons (Fsp3) is 0.222. The van der Waals surface area contributed by atoms with Gasteiger partial charge in [0.05, 0.1) is 18.9 Å². The molecule has 7 nitrogen and oxygen atoms in total. The van der Waals surface area contributed by atoms with Gasteiger partial charge in [0, 0.05) is 31.8 Å². The maximum absolute atomic E-state index is 13.2. The number of anilines is 1. The number of ether oxygens (including phenoxy) is 2. The van der Waals surface area contributed by atoms with Gasteiger partial charge in [0.25, 0.3) is 5.91 Å². The van der Waals surface area contributed by atoms with Crippen molar-refractivity contribution in [2.75, 3.05) is 32.7 Å². The molecule has 0 radical (unpaired) electrons. The zero-order valence-corrected chi connectivity index (χ0v) is 19.5. The highest BCUT2D eigenvalue weighted by molar-refractivity contribution is 6.03. The zero-order valence-electron chi connectivity index (χ0n) is 19.5. The summed E-state index contributed by atoms with van der Waals surface area (Å²) in [6.45, 7) is -0.187. The minimum Gasteiger partial charge on any atom is -0.497 e. The molecule has 0 saturated carbocycles. The number of nitrogens with zero attached hydrogens (tertiary/aromatic N) is 3. The SMILES string of the molecule is COc1ccc(C2=NN(C(=O)COc3cccc(C=O)c3)C(c3ccc(N(C)C)cc3)C2)cc1. The highest BCUT2D eigenvalue weighted by atomic mass is 16.5. The van der Waals surface area contributed by atoms with E-state index in [-0.39, 0.29) is 18.6 Å². The molecule has 1 amide bonds. The third-order valence-corrected chi connectivity index (χ3v) is 5.74. The number of benzene rings is 3. The smallest absolute Gasteiger partial charge is 0.281 e. The number of methoxy groups -OCH3 is 1. The third kappa shape index (κ3) is 5.09. The van der Waals surface area contributed by atoms with E-state index in [1.165, 1.54) is 5.01 Å². The fourth-order valence-electron chi connectivity index (χ4n) is 3.84. The Kier molecular flexibility index (Phi) is 6.92. The zero-order chi connectivity index (χ0) is 24.1. The molecule has 1 heterocycles. The average Bonchev–Trinajstić information content (AvgIpc) is 3.33. The van der Waals surface area contributed by atoms with Gasteiger partial charge in [0.15, 0.2) is 6.61 Å². The number of hydrogen-bond acceptors (Lipinski definition) is 6. The lowest BCUT2D eigenvalue weighted by atomic mass is 9.98. The predicted octanol–water partition coefficient (Wildman–Crippen LogP) is 4.33. The van der Waals surface area contributed by atoms with E-state index in [1.54, 1.807) is 31.4 Å². The molecule has 1 atom stereocenters. The number of rotatable bonds is 8. The standard InChI is InChI=1S/C27H27N3O4/c1-29(2)22-11-7-21(8-12-22)26-16-25(20-9-13-23(33-3)14-10-20)28-30(26)27(32)18-34-24-6-4-5-19(15-24)17-31/h4-15,17,26H,16,18H2,1-3H3. The van der Waals surface area contributed by atoms with E-state index in [4.69, 9.17) is 9.47 Å². The number of carbonyl (C=O) groups excluding carboxylic acids is 2. The number of carbonyl (C=O) groups is 2. The Hall–Kier alpha value is -4.13. The van der Waals surface area contributed by atoms with E-state index in [9.17, 15) is 9.59 Å². The largest absolute Gasteiger partial charge is 0.497 e. The lowest BCUT2D eigenvalue weighted by Gasteiger charge is -2.23. The molecule has 174 valence electrons. The number of aldehydes is 1. The molecule has 0 spiro atoms. The van der Waals surface area contributed by atoms with Gasteiger partial charge in [0.1, 0.15) is 17.8 Å². The van der Waals surface area contributed by atoms with Crippen LogP contribution in [-0.2, 0) is 4.79 Å². The molecule has 3 aromatic carbocycles. The minimum absolute atomic E-state index is 0.187. The summed E-state index contributed by atoms with van der Waals surface area (Å²) in [5.74, 6) is 0.960. The van der Waals surface area contributed by atoms with Crippen LogP contribution in [0.4, 0.5) is 5.69 Å². The van der Waals surface area contributed by atoms with Crippen LogP contribution < -0.4 is 14.4 Å². The van der Waals surface area contributed by atoms with E-state index >= 15 is 0 Å².